The molecule has 0 spiro atoms. The fourth-order valence-corrected chi connectivity index (χ4v) is 4.36. The Labute approximate surface area is 208 Å². The van der Waals surface area contributed by atoms with Crippen LogP contribution in [0, 0.1) is 0 Å². The number of aromatic nitrogens is 2. The first-order chi connectivity index (χ1) is 16.7. The Hall–Kier alpha value is -3.38. The van der Waals surface area contributed by atoms with Gasteiger partial charge in [-0.2, -0.15) is 0 Å². The van der Waals surface area contributed by atoms with Crippen molar-refractivity contribution >= 4 is 32.9 Å². The highest BCUT2D eigenvalue weighted by Crippen LogP contribution is 2.20. The fourth-order valence-electron chi connectivity index (χ4n) is 3.96. The van der Waals surface area contributed by atoms with Gasteiger partial charge in [-0.1, -0.05) is 58.4 Å². The maximum atomic E-state index is 12.4. The van der Waals surface area contributed by atoms with Crippen molar-refractivity contribution in [1.29, 1.82) is 0 Å². The zero-order valence-corrected chi connectivity index (χ0v) is 20.6. The molecule has 0 saturated carbocycles. The van der Waals surface area contributed by atoms with Crippen molar-refractivity contribution in [3.8, 4) is 5.75 Å². The summed E-state index contributed by atoms with van der Waals surface area (Å²) in [4.78, 5) is 17.2. The average Bonchev–Trinajstić information content (AvgIpc) is 3.20. The molecular weight excluding hydrogens is 490 g/mol. The summed E-state index contributed by atoms with van der Waals surface area (Å²) >= 11 is 3.41. The van der Waals surface area contributed by atoms with Gasteiger partial charge in [-0.3, -0.25) is 4.79 Å². The van der Waals surface area contributed by atoms with E-state index in [0.29, 0.717) is 25.3 Å². The zero-order valence-electron chi connectivity index (χ0n) is 19.0. The Kier molecular flexibility index (Phi) is 8.15. The maximum absolute atomic E-state index is 12.4. The number of nitrogens with zero attached hydrogens (tertiary/aromatic N) is 2. The molecule has 0 aliphatic heterocycles. The number of amides is 1. The van der Waals surface area contributed by atoms with Gasteiger partial charge in [0.25, 0.3) is 5.91 Å². The molecule has 3 aromatic carbocycles. The molecule has 0 aliphatic carbocycles. The first kappa shape index (κ1) is 23.8. The van der Waals surface area contributed by atoms with Gasteiger partial charge in [0, 0.05) is 23.0 Å². The minimum absolute atomic E-state index is 0.0682. The molecule has 0 atom stereocenters. The number of carbonyl (C=O) groups excluding carboxylic acids is 1. The highest BCUT2D eigenvalue weighted by Gasteiger charge is 2.12. The molecule has 1 heterocycles. The van der Waals surface area contributed by atoms with E-state index < -0.39 is 0 Å². The SMILES string of the molecule is C=CCc1ccccc1OCCn1c(CCCNC(=O)c2cccc(Br)c2)nc2ccccc21. The van der Waals surface area contributed by atoms with Crippen LogP contribution in [0.3, 0.4) is 0 Å². The summed E-state index contributed by atoms with van der Waals surface area (Å²) < 4.78 is 9.24. The van der Waals surface area contributed by atoms with Crippen molar-refractivity contribution in [2.75, 3.05) is 13.2 Å². The molecule has 0 fully saturated rings. The van der Waals surface area contributed by atoms with Crippen molar-refractivity contribution < 1.29 is 9.53 Å². The molecule has 0 bridgehead atoms. The summed E-state index contributed by atoms with van der Waals surface area (Å²) in [5.74, 6) is 1.82. The van der Waals surface area contributed by atoms with Crippen LogP contribution in [-0.2, 0) is 19.4 Å². The minimum Gasteiger partial charge on any atom is -0.491 e. The normalized spacial score (nSPS) is 10.9. The number of fused-ring (bicyclic) bond motifs is 1. The number of carbonyl (C=O) groups is 1. The second kappa shape index (κ2) is 11.7. The van der Waals surface area contributed by atoms with Gasteiger partial charge in [-0.15, -0.1) is 6.58 Å². The number of benzene rings is 3. The van der Waals surface area contributed by atoms with Crippen LogP contribution in [-0.4, -0.2) is 28.6 Å². The zero-order chi connectivity index (χ0) is 23.8. The molecule has 1 N–H and O–H groups in total. The van der Waals surface area contributed by atoms with Gasteiger partial charge in [0.2, 0.25) is 0 Å². The highest BCUT2D eigenvalue weighted by molar-refractivity contribution is 9.10. The Balaban J connectivity index is 1.38. The van der Waals surface area contributed by atoms with E-state index in [1.54, 1.807) is 0 Å². The summed E-state index contributed by atoms with van der Waals surface area (Å²) in [5, 5.41) is 3.00. The van der Waals surface area contributed by atoms with Crippen molar-refractivity contribution in [2.45, 2.75) is 25.8 Å². The molecular formula is C28H28BrN3O2. The molecule has 0 saturated heterocycles. The lowest BCUT2D eigenvalue weighted by Gasteiger charge is -2.13. The quantitative estimate of drug-likeness (QED) is 0.197. The number of imidazole rings is 1. The molecule has 4 rings (SSSR count). The summed E-state index contributed by atoms with van der Waals surface area (Å²) in [6.45, 7) is 5.66. The molecule has 1 aromatic heterocycles. The number of allylic oxidation sites excluding steroid dienone is 1. The van der Waals surface area contributed by atoms with Crippen LogP contribution in [0.2, 0.25) is 0 Å². The van der Waals surface area contributed by atoms with Gasteiger partial charge in [0.1, 0.15) is 18.2 Å². The maximum Gasteiger partial charge on any atom is 0.251 e. The Morgan fingerprint density at radius 2 is 1.91 bits per heavy atom. The number of aryl methyl sites for hydroxylation is 1. The van der Waals surface area contributed by atoms with E-state index in [2.05, 4.69) is 44.5 Å². The predicted octanol–water partition coefficient (Wildman–Crippen LogP) is 5.97. The molecule has 174 valence electrons. The number of rotatable bonds is 11. The number of hydrogen-bond donors (Lipinski definition) is 1. The molecule has 1 amide bonds. The van der Waals surface area contributed by atoms with E-state index in [4.69, 9.17) is 9.72 Å². The third-order valence-corrected chi connectivity index (χ3v) is 6.09. The van der Waals surface area contributed by atoms with Gasteiger partial charge in [0.15, 0.2) is 0 Å². The number of nitrogens with one attached hydrogen (secondary N) is 1. The molecule has 34 heavy (non-hydrogen) atoms. The van der Waals surface area contributed by atoms with Gasteiger partial charge >= 0.3 is 0 Å². The highest BCUT2D eigenvalue weighted by atomic mass is 79.9. The van der Waals surface area contributed by atoms with E-state index in [1.165, 1.54) is 0 Å². The van der Waals surface area contributed by atoms with Crippen LogP contribution < -0.4 is 10.1 Å². The molecule has 6 heteroatoms. The van der Waals surface area contributed by atoms with Crippen LogP contribution in [0.5, 0.6) is 5.75 Å². The third kappa shape index (κ3) is 5.94. The van der Waals surface area contributed by atoms with Crippen LogP contribution in [0.15, 0.2) is 89.9 Å². The molecule has 5 nitrogen and oxygen atoms in total. The standard InChI is InChI=1S/C28H28BrN3O2/c1-2-9-21-10-3-6-15-26(21)34-19-18-32-25-14-5-4-13-24(25)31-27(32)16-8-17-30-28(33)22-11-7-12-23(29)20-22/h2-7,10-15,20H,1,8-9,16-19H2,(H,30,33). The Morgan fingerprint density at radius 3 is 2.76 bits per heavy atom. The first-order valence-corrected chi connectivity index (χ1v) is 12.2. The summed E-state index contributed by atoms with van der Waals surface area (Å²) in [6, 6.07) is 23.6. The lowest BCUT2D eigenvalue weighted by atomic mass is 10.1. The summed E-state index contributed by atoms with van der Waals surface area (Å²) in [5.41, 5.74) is 3.85. The third-order valence-electron chi connectivity index (χ3n) is 5.59. The number of hydrogen-bond acceptors (Lipinski definition) is 3. The largest absolute Gasteiger partial charge is 0.491 e. The smallest absolute Gasteiger partial charge is 0.251 e. The first-order valence-electron chi connectivity index (χ1n) is 11.4. The Morgan fingerprint density at radius 1 is 1.09 bits per heavy atom. The monoisotopic (exact) mass is 517 g/mol. The van der Waals surface area contributed by atoms with E-state index >= 15 is 0 Å². The van der Waals surface area contributed by atoms with E-state index in [9.17, 15) is 4.79 Å². The average molecular weight is 518 g/mol. The second-order valence-electron chi connectivity index (χ2n) is 7.99. The van der Waals surface area contributed by atoms with E-state index in [-0.39, 0.29) is 5.91 Å². The number of ether oxygens (including phenoxy) is 1. The number of para-hydroxylation sites is 3. The summed E-state index contributed by atoms with van der Waals surface area (Å²) in [7, 11) is 0. The predicted molar refractivity (Wildman–Crippen MR) is 140 cm³/mol. The molecule has 0 radical (unpaired) electrons. The van der Waals surface area contributed by atoms with Crippen LogP contribution in [0.4, 0.5) is 0 Å². The molecule has 0 unspecified atom stereocenters. The lowest BCUT2D eigenvalue weighted by Crippen LogP contribution is -2.25. The van der Waals surface area contributed by atoms with Gasteiger partial charge in [-0.25, -0.2) is 4.98 Å². The van der Waals surface area contributed by atoms with Crippen LogP contribution >= 0.6 is 15.9 Å². The van der Waals surface area contributed by atoms with Crippen LogP contribution in [0.25, 0.3) is 11.0 Å². The molecule has 0 aliphatic rings. The second-order valence-corrected chi connectivity index (χ2v) is 8.90. The van der Waals surface area contributed by atoms with Crippen molar-refractivity contribution in [1.82, 2.24) is 14.9 Å². The van der Waals surface area contributed by atoms with Crippen molar-refractivity contribution in [3.63, 3.8) is 0 Å². The lowest BCUT2D eigenvalue weighted by molar-refractivity contribution is 0.0953. The Bertz CT molecular complexity index is 1280. The fraction of sp³-hybridized carbons (Fsp3) is 0.214. The van der Waals surface area contributed by atoms with E-state index in [0.717, 1.165) is 51.9 Å². The number of halogens is 1. The van der Waals surface area contributed by atoms with E-state index in [1.807, 2.05) is 66.7 Å². The van der Waals surface area contributed by atoms with Crippen LogP contribution in [0.1, 0.15) is 28.2 Å². The van der Waals surface area contributed by atoms with Gasteiger partial charge in [-0.05, 0) is 54.8 Å². The topological polar surface area (TPSA) is 56.1 Å². The van der Waals surface area contributed by atoms with Gasteiger partial charge in [0.05, 0.1) is 17.6 Å². The summed E-state index contributed by atoms with van der Waals surface area (Å²) in [6.07, 6.45) is 4.23. The molecule has 4 aromatic rings. The minimum atomic E-state index is -0.0682. The van der Waals surface area contributed by atoms with Gasteiger partial charge < -0.3 is 14.6 Å². The van der Waals surface area contributed by atoms with Crippen molar-refractivity contribution in [3.05, 3.63) is 107 Å². The van der Waals surface area contributed by atoms with Crippen molar-refractivity contribution in [2.24, 2.45) is 0 Å².